The quantitative estimate of drug-likeness (QED) is 0.448. The first-order chi connectivity index (χ1) is 14.5. The lowest BCUT2D eigenvalue weighted by molar-refractivity contribution is -0.0522. The summed E-state index contributed by atoms with van der Waals surface area (Å²) in [6.07, 6.45) is 16.1. The summed E-state index contributed by atoms with van der Waals surface area (Å²) in [5.74, 6) is 3.77. The number of rotatable bonds is 6. The van der Waals surface area contributed by atoms with Gasteiger partial charge in [-0.2, -0.15) is 8.78 Å². The Morgan fingerprint density at radius 2 is 1.50 bits per heavy atom. The minimum absolute atomic E-state index is 0.349. The predicted octanol–water partition coefficient (Wildman–Crippen LogP) is 8.33. The lowest BCUT2D eigenvalue weighted by atomic mass is 9.60. The van der Waals surface area contributed by atoms with Crippen LogP contribution in [0.5, 0.6) is 5.75 Å². The molecule has 0 saturated heterocycles. The van der Waals surface area contributed by atoms with E-state index in [4.69, 9.17) is 0 Å². The normalized spacial score (nSPS) is 34.6. The van der Waals surface area contributed by atoms with Crippen LogP contribution in [0.3, 0.4) is 0 Å². The van der Waals surface area contributed by atoms with Crippen LogP contribution >= 0.6 is 0 Å². The molecule has 168 valence electrons. The maximum atomic E-state index is 14.2. The Morgan fingerprint density at radius 3 is 2.17 bits per heavy atom. The molecule has 0 aromatic heterocycles. The Kier molecular flexibility index (Phi) is 7.31. The van der Waals surface area contributed by atoms with Crippen molar-refractivity contribution in [1.29, 1.82) is 0 Å². The lowest BCUT2D eigenvalue weighted by Crippen LogP contribution is -2.34. The fourth-order valence-corrected chi connectivity index (χ4v) is 6.98. The Morgan fingerprint density at radius 1 is 0.867 bits per heavy atom. The van der Waals surface area contributed by atoms with Crippen LogP contribution in [0.4, 0.5) is 13.2 Å². The van der Waals surface area contributed by atoms with Crippen LogP contribution in [0.1, 0.15) is 95.5 Å². The number of alkyl halides is 2. The van der Waals surface area contributed by atoms with Gasteiger partial charge in [0.2, 0.25) is 0 Å². The Labute approximate surface area is 179 Å². The number of hydrogen-bond acceptors (Lipinski definition) is 1. The molecule has 0 radical (unpaired) electrons. The van der Waals surface area contributed by atoms with Gasteiger partial charge in [-0.3, -0.25) is 0 Å². The fourth-order valence-electron chi connectivity index (χ4n) is 6.98. The standard InChI is InChI=1S/C26H37F3O/c1-2-3-17-4-6-18(7-5-17)19-8-9-21-15-22(11-10-20(21)14-19)23-12-13-25(24(27)16-23)30-26(28)29/h12-13,16-22,26H,2-11,14-15H2,1H3/t17-,18-,19-,20-,21-,22-/m1/s1. The topological polar surface area (TPSA) is 9.23 Å². The van der Waals surface area contributed by atoms with Crippen molar-refractivity contribution in [1.82, 2.24) is 0 Å². The molecule has 0 spiro atoms. The van der Waals surface area contributed by atoms with E-state index >= 15 is 0 Å². The van der Waals surface area contributed by atoms with Crippen molar-refractivity contribution in [2.75, 3.05) is 0 Å². The predicted molar refractivity (Wildman–Crippen MR) is 114 cm³/mol. The third-order valence-electron chi connectivity index (χ3n) is 8.55. The highest BCUT2D eigenvalue weighted by atomic mass is 19.3. The highest BCUT2D eigenvalue weighted by Gasteiger charge is 2.39. The largest absolute Gasteiger partial charge is 0.432 e. The van der Waals surface area contributed by atoms with E-state index in [9.17, 15) is 13.2 Å². The van der Waals surface area contributed by atoms with E-state index in [0.717, 1.165) is 48.0 Å². The molecule has 30 heavy (non-hydrogen) atoms. The van der Waals surface area contributed by atoms with E-state index in [0.29, 0.717) is 5.92 Å². The van der Waals surface area contributed by atoms with Crippen molar-refractivity contribution < 1.29 is 17.9 Å². The highest BCUT2D eigenvalue weighted by Crippen LogP contribution is 2.51. The highest BCUT2D eigenvalue weighted by molar-refractivity contribution is 5.31. The van der Waals surface area contributed by atoms with E-state index in [-0.39, 0.29) is 5.75 Å². The van der Waals surface area contributed by atoms with Crippen molar-refractivity contribution >= 4 is 0 Å². The Bertz CT molecular complexity index is 683. The van der Waals surface area contributed by atoms with Gasteiger partial charge in [-0.15, -0.1) is 0 Å². The first-order valence-corrected chi connectivity index (χ1v) is 12.3. The molecule has 4 heteroatoms. The van der Waals surface area contributed by atoms with Gasteiger partial charge in [-0.25, -0.2) is 4.39 Å². The fraction of sp³-hybridized carbons (Fsp3) is 0.769. The van der Waals surface area contributed by atoms with Gasteiger partial charge in [0.1, 0.15) is 0 Å². The molecule has 0 heterocycles. The Hall–Kier alpha value is -1.19. The van der Waals surface area contributed by atoms with Gasteiger partial charge in [-0.05, 0) is 105 Å². The van der Waals surface area contributed by atoms with Crippen molar-refractivity contribution in [3.63, 3.8) is 0 Å². The third kappa shape index (κ3) is 5.16. The molecule has 1 nitrogen and oxygen atoms in total. The van der Waals surface area contributed by atoms with Gasteiger partial charge in [0.25, 0.3) is 0 Å². The van der Waals surface area contributed by atoms with E-state index in [1.807, 2.05) is 0 Å². The second-order valence-electron chi connectivity index (χ2n) is 10.2. The van der Waals surface area contributed by atoms with Gasteiger partial charge in [0.15, 0.2) is 11.6 Å². The maximum absolute atomic E-state index is 14.2. The van der Waals surface area contributed by atoms with Crippen molar-refractivity contribution in [2.45, 2.75) is 96.5 Å². The number of fused-ring (bicyclic) bond motifs is 1. The number of halogens is 3. The minimum Gasteiger partial charge on any atom is -0.432 e. The number of hydrogen-bond donors (Lipinski definition) is 0. The van der Waals surface area contributed by atoms with Crippen LogP contribution < -0.4 is 4.74 Å². The first-order valence-electron chi connectivity index (χ1n) is 12.3. The van der Waals surface area contributed by atoms with Crippen molar-refractivity contribution in [3.8, 4) is 5.75 Å². The molecule has 0 amide bonds. The summed E-state index contributed by atoms with van der Waals surface area (Å²) >= 11 is 0. The monoisotopic (exact) mass is 422 g/mol. The summed E-state index contributed by atoms with van der Waals surface area (Å²) in [7, 11) is 0. The second kappa shape index (κ2) is 9.96. The van der Waals surface area contributed by atoms with Gasteiger partial charge in [0.05, 0.1) is 0 Å². The van der Waals surface area contributed by atoms with Gasteiger partial charge >= 0.3 is 6.61 Å². The van der Waals surface area contributed by atoms with Crippen molar-refractivity contribution in [2.24, 2.45) is 29.6 Å². The van der Waals surface area contributed by atoms with Crippen LogP contribution in [0.15, 0.2) is 18.2 Å². The van der Waals surface area contributed by atoms with Gasteiger partial charge in [0, 0.05) is 0 Å². The number of ether oxygens (including phenoxy) is 1. The molecule has 0 N–H and O–H groups in total. The summed E-state index contributed by atoms with van der Waals surface area (Å²) in [6, 6.07) is 4.57. The van der Waals surface area contributed by atoms with Gasteiger partial charge < -0.3 is 4.74 Å². The molecule has 3 aliphatic carbocycles. The number of benzene rings is 1. The summed E-state index contributed by atoms with van der Waals surface area (Å²) < 4.78 is 43.2. The SMILES string of the molecule is CCC[C@H]1CC[C@H]([C@@H]2CC[C@@H]3C[C@H](c4ccc(OC(F)F)c(F)c4)CC[C@@H]3C2)CC1. The molecule has 0 unspecified atom stereocenters. The molecule has 0 aliphatic heterocycles. The molecule has 1 aromatic rings. The molecule has 3 aliphatic rings. The van der Waals surface area contributed by atoms with E-state index in [1.54, 1.807) is 6.07 Å². The molecule has 4 atom stereocenters. The van der Waals surface area contributed by atoms with E-state index in [1.165, 1.54) is 76.3 Å². The molecule has 3 fully saturated rings. The lowest BCUT2D eigenvalue weighted by Gasteiger charge is -2.45. The van der Waals surface area contributed by atoms with Crippen LogP contribution in [0, 0.1) is 35.4 Å². The summed E-state index contributed by atoms with van der Waals surface area (Å²) in [5.41, 5.74) is 0.948. The molecule has 0 bridgehead atoms. The molecular weight excluding hydrogens is 385 g/mol. The first kappa shape index (κ1) is 22.0. The Balaban J connectivity index is 1.30. The van der Waals surface area contributed by atoms with Crippen LogP contribution in [0.2, 0.25) is 0 Å². The van der Waals surface area contributed by atoms with Crippen LogP contribution in [-0.4, -0.2) is 6.61 Å². The van der Waals surface area contributed by atoms with E-state index < -0.39 is 12.4 Å². The zero-order valence-corrected chi connectivity index (χ0v) is 18.3. The minimum atomic E-state index is -2.99. The van der Waals surface area contributed by atoms with Crippen LogP contribution in [-0.2, 0) is 0 Å². The maximum Gasteiger partial charge on any atom is 0.387 e. The average Bonchev–Trinajstić information content (AvgIpc) is 2.75. The third-order valence-corrected chi connectivity index (χ3v) is 8.55. The molecule has 3 saturated carbocycles. The smallest absolute Gasteiger partial charge is 0.387 e. The molecule has 4 rings (SSSR count). The summed E-state index contributed by atoms with van der Waals surface area (Å²) in [6.45, 7) is -0.679. The second-order valence-corrected chi connectivity index (χ2v) is 10.2. The van der Waals surface area contributed by atoms with Gasteiger partial charge in [-0.1, -0.05) is 38.7 Å². The molecular formula is C26H37F3O. The average molecular weight is 423 g/mol. The zero-order valence-electron chi connectivity index (χ0n) is 18.3. The summed E-state index contributed by atoms with van der Waals surface area (Å²) in [5, 5.41) is 0. The van der Waals surface area contributed by atoms with E-state index in [2.05, 4.69) is 11.7 Å². The van der Waals surface area contributed by atoms with Crippen molar-refractivity contribution in [3.05, 3.63) is 29.6 Å². The summed E-state index contributed by atoms with van der Waals surface area (Å²) in [4.78, 5) is 0. The molecule has 1 aromatic carbocycles. The van der Waals surface area contributed by atoms with Crippen LogP contribution in [0.25, 0.3) is 0 Å². The zero-order chi connectivity index (χ0) is 21.1.